The number of nitrogens with one attached hydrogen (secondary N) is 3. The van der Waals surface area contributed by atoms with E-state index in [4.69, 9.17) is 0 Å². The van der Waals surface area contributed by atoms with Crippen LogP contribution in [-0.4, -0.2) is 28.5 Å². The molecule has 2 aromatic carbocycles. The Morgan fingerprint density at radius 1 is 1.04 bits per heavy atom. The lowest BCUT2D eigenvalue weighted by Crippen LogP contribution is -2.36. The number of hydrogen-bond acceptors (Lipinski definition) is 3. The maximum Gasteiger partial charge on any atom is 0.215 e. The molecule has 26 heavy (non-hydrogen) atoms. The van der Waals surface area contributed by atoms with Crippen LogP contribution in [0.3, 0.4) is 0 Å². The summed E-state index contributed by atoms with van der Waals surface area (Å²) >= 11 is 0. The molecule has 0 fully saturated rings. The first-order valence-electron chi connectivity index (χ1n) is 8.10. The van der Waals surface area contributed by atoms with E-state index < -0.39 is 10.0 Å². The molecule has 8 heteroatoms. The predicted molar refractivity (Wildman–Crippen MR) is 102 cm³/mol. The van der Waals surface area contributed by atoms with Crippen LogP contribution in [0.4, 0.5) is 4.39 Å². The molecule has 0 atom stereocenters. The first kappa shape index (κ1) is 19.9. The lowest BCUT2D eigenvalue weighted by Gasteiger charge is -2.13. The molecule has 2 rings (SSSR count). The van der Waals surface area contributed by atoms with E-state index in [1.165, 1.54) is 13.1 Å². The summed E-state index contributed by atoms with van der Waals surface area (Å²) in [6, 6.07) is 13.8. The van der Waals surface area contributed by atoms with E-state index in [0.29, 0.717) is 30.2 Å². The Morgan fingerprint density at radius 3 is 2.42 bits per heavy atom. The largest absolute Gasteiger partial charge is 0.352 e. The summed E-state index contributed by atoms with van der Waals surface area (Å²) in [5, 5.41) is 6.18. The second-order valence-corrected chi connectivity index (χ2v) is 7.58. The zero-order valence-corrected chi connectivity index (χ0v) is 15.6. The molecular formula is C18H23FN4O2S. The molecule has 0 spiro atoms. The quantitative estimate of drug-likeness (QED) is 0.506. The Kier molecular flexibility index (Phi) is 7.11. The topological polar surface area (TPSA) is 82.6 Å². The van der Waals surface area contributed by atoms with Crippen molar-refractivity contribution in [3.8, 4) is 0 Å². The molecule has 0 saturated carbocycles. The highest BCUT2D eigenvalue weighted by Gasteiger charge is 2.09. The first-order chi connectivity index (χ1) is 12.4. The van der Waals surface area contributed by atoms with Gasteiger partial charge in [0, 0.05) is 25.7 Å². The number of rotatable bonds is 7. The number of hydrogen-bond donors (Lipinski definition) is 3. The summed E-state index contributed by atoms with van der Waals surface area (Å²) < 4.78 is 39.3. The Balaban J connectivity index is 1.93. The van der Waals surface area contributed by atoms with E-state index in [1.54, 1.807) is 31.3 Å². The van der Waals surface area contributed by atoms with Crippen LogP contribution in [-0.2, 0) is 28.9 Å². The molecule has 0 saturated heterocycles. The van der Waals surface area contributed by atoms with E-state index in [0.717, 1.165) is 5.56 Å². The number of nitrogens with zero attached hydrogens (tertiary/aromatic N) is 1. The number of halogens is 1. The van der Waals surface area contributed by atoms with Crippen molar-refractivity contribution in [1.29, 1.82) is 0 Å². The van der Waals surface area contributed by atoms with Gasteiger partial charge in [-0.3, -0.25) is 4.99 Å². The molecular weight excluding hydrogens is 355 g/mol. The fraction of sp³-hybridized carbons (Fsp3) is 0.278. The number of aliphatic imine (C=N–C) groups is 1. The third kappa shape index (κ3) is 6.12. The van der Waals surface area contributed by atoms with Crippen molar-refractivity contribution in [2.45, 2.75) is 18.8 Å². The van der Waals surface area contributed by atoms with Gasteiger partial charge in [0.25, 0.3) is 0 Å². The molecule has 6 nitrogen and oxygen atoms in total. The Bertz CT molecular complexity index is 869. The van der Waals surface area contributed by atoms with E-state index >= 15 is 0 Å². The minimum atomic E-state index is -3.31. The van der Waals surface area contributed by atoms with Crippen LogP contribution in [0.2, 0.25) is 0 Å². The summed E-state index contributed by atoms with van der Waals surface area (Å²) in [4.78, 5) is 4.11. The zero-order chi connectivity index (χ0) is 19.0. The second-order valence-electron chi connectivity index (χ2n) is 5.65. The van der Waals surface area contributed by atoms with E-state index in [9.17, 15) is 12.8 Å². The van der Waals surface area contributed by atoms with Crippen molar-refractivity contribution < 1.29 is 12.8 Å². The Labute approximate surface area is 153 Å². The van der Waals surface area contributed by atoms with Crippen LogP contribution in [0.5, 0.6) is 0 Å². The van der Waals surface area contributed by atoms with E-state index in [2.05, 4.69) is 20.3 Å². The van der Waals surface area contributed by atoms with Crippen molar-refractivity contribution in [1.82, 2.24) is 15.4 Å². The highest BCUT2D eigenvalue weighted by Crippen LogP contribution is 2.09. The molecule has 3 N–H and O–H groups in total. The minimum Gasteiger partial charge on any atom is -0.352 e. The fourth-order valence-corrected chi connectivity index (χ4v) is 3.11. The van der Waals surface area contributed by atoms with Crippen LogP contribution in [0.25, 0.3) is 0 Å². The SMILES string of the molecule is CN=C(NCc1cccc(CS(=O)(=O)NC)c1)NCc1ccccc1F. The number of sulfonamides is 1. The molecule has 0 radical (unpaired) electrons. The van der Waals surface area contributed by atoms with Crippen LogP contribution in [0.15, 0.2) is 53.5 Å². The molecule has 0 aliphatic heterocycles. The van der Waals surface area contributed by atoms with E-state index in [1.807, 2.05) is 18.2 Å². The monoisotopic (exact) mass is 378 g/mol. The normalized spacial score (nSPS) is 12.0. The van der Waals surface area contributed by atoms with Crippen LogP contribution >= 0.6 is 0 Å². The van der Waals surface area contributed by atoms with Gasteiger partial charge in [-0.05, 0) is 24.2 Å². The lowest BCUT2D eigenvalue weighted by molar-refractivity contribution is 0.587. The van der Waals surface area contributed by atoms with Crippen LogP contribution < -0.4 is 15.4 Å². The summed E-state index contributed by atoms with van der Waals surface area (Å²) in [6.45, 7) is 0.775. The van der Waals surface area contributed by atoms with Crippen molar-refractivity contribution in [2.24, 2.45) is 4.99 Å². The first-order valence-corrected chi connectivity index (χ1v) is 9.75. The summed E-state index contributed by atoms with van der Waals surface area (Å²) in [7, 11) is -0.284. The van der Waals surface area contributed by atoms with Gasteiger partial charge >= 0.3 is 0 Å². The van der Waals surface area contributed by atoms with Crippen molar-refractivity contribution in [3.63, 3.8) is 0 Å². The summed E-state index contributed by atoms with van der Waals surface area (Å²) in [6.07, 6.45) is 0. The molecule has 0 unspecified atom stereocenters. The summed E-state index contributed by atoms with van der Waals surface area (Å²) in [5.41, 5.74) is 2.17. The number of guanidine groups is 1. The van der Waals surface area contributed by atoms with Gasteiger partial charge in [0.2, 0.25) is 10.0 Å². The van der Waals surface area contributed by atoms with Crippen LogP contribution in [0.1, 0.15) is 16.7 Å². The average Bonchev–Trinajstić information content (AvgIpc) is 2.63. The second kappa shape index (κ2) is 9.30. The van der Waals surface area contributed by atoms with Gasteiger partial charge in [-0.2, -0.15) is 0 Å². The fourth-order valence-electron chi connectivity index (χ4n) is 2.35. The Hall–Kier alpha value is -2.45. The van der Waals surface area contributed by atoms with Gasteiger partial charge in [0.1, 0.15) is 5.82 Å². The lowest BCUT2D eigenvalue weighted by atomic mass is 10.1. The van der Waals surface area contributed by atoms with E-state index in [-0.39, 0.29) is 11.6 Å². The van der Waals surface area contributed by atoms with Crippen molar-refractivity contribution >= 4 is 16.0 Å². The molecule has 0 aliphatic rings. The molecule has 0 bridgehead atoms. The van der Waals surface area contributed by atoms with Gasteiger partial charge < -0.3 is 10.6 Å². The van der Waals surface area contributed by atoms with Crippen molar-refractivity contribution in [2.75, 3.05) is 14.1 Å². The third-order valence-corrected chi connectivity index (χ3v) is 5.08. The number of benzene rings is 2. The Morgan fingerprint density at radius 2 is 1.73 bits per heavy atom. The predicted octanol–water partition coefficient (Wildman–Crippen LogP) is 1.74. The minimum absolute atomic E-state index is 0.0718. The molecule has 0 aromatic heterocycles. The summed E-state index contributed by atoms with van der Waals surface area (Å²) in [5.74, 6) is 0.188. The van der Waals surface area contributed by atoms with Gasteiger partial charge in [0.05, 0.1) is 5.75 Å². The van der Waals surface area contributed by atoms with Gasteiger partial charge in [-0.25, -0.2) is 17.5 Å². The van der Waals surface area contributed by atoms with Gasteiger partial charge in [-0.15, -0.1) is 0 Å². The zero-order valence-electron chi connectivity index (χ0n) is 14.8. The van der Waals surface area contributed by atoms with Crippen LogP contribution in [0, 0.1) is 5.82 Å². The average molecular weight is 378 g/mol. The van der Waals surface area contributed by atoms with Crippen molar-refractivity contribution in [3.05, 3.63) is 71.0 Å². The third-order valence-electron chi connectivity index (χ3n) is 3.75. The standard InChI is InChI=1S/C18H23FN4O2S/c1-20-18(23-12-16-8-3-4-9-17(16)19)22-11-14-6-5-7-15(10-14)13-26(24,25)21-2/h3-10,21H,11-13H2,1-2H3,(H2,20,22,23). The molecule has 2 aromatic rings. The molecule has 0 aliphatic carbocycles. The highest BCUT2D eigenvalue weighted by molar-refractivity contribution is 7.88. The van der Waals surface area contributed by atoms with Gasteiger partial charge in [-0.1, -0.05) is 42.5 Å². The maximum absolute atomic E-state index is 13.6. The smallest absolute Gasteiger partial charge is 0.215 e. The maximum atomic E-state index is 13.6. The highest BCUT2D eigenvalue weighted by atomic mass is 32.2. The molecule has 140 valence electrons. The van der Waals surface area contributed by atoms with Gasteiger partial charge in [0.15, 0.2) is 5.96 Å². The molecule has 0 amide bonds. The molecule has 0 heterocycles.